The van der Waals surface area contributed by atoms with Gasteiger partial charge in [0.25, 0.3) is 5.82 Å². The van der Waals surface area contributed by atoms with Crippen LogP contribution in [0.5, 0.6) is 5.75 Å². The average Bonchev–Trinajstić information content (AvgIpc) is 2.11. The Morgan fingerprint density at radius 2 is 2.46 bits per heavy atom. The minimum atomic E-state index is 0.453. The molecular formula is C9H10BrN2O+. The number of hydrogen-bond acceptors (Lipinski definition) is 2. The second-order valence-corrected chi connectivity index (χ2v) is 3.30. The molecule has 1 aromatic rings. The van der Waals surface area contributed by atoms with Crippen LogP contribution >= 0.6 is 15.9 Å². The molecule has 0 saturated carbocycles. The summed E-state index contributed by atoms with van der Waals surface area (Å²) in [6.45, 7) is 0.453. The number of hydrogen-bond donors (Lipinski definition) is 1. The summed E-state index contributed by atoms with van der Waals surface area (Å²) < 4.78 is 7.66. The Morgan fingerprint density at radius 3 is 3.00 bits per heavy atom. The maximum absolute atomic E-state index is 5.72. The molecule has 13 heavy (non-hydrogen) atoms. The van der Waals surface area contributed by atoms with Crippen molar-refractivity contribution in [3.63, 3.8) is 0 Å². The molecule has 0 aliphatic carbocycles. The van der Waals surface area contributed by atoms with E-state index in [1.165, 1.54) is 0 Å². The molecule has 0 aliphatic rings. The van der Waals surface area contributed by atoms with Crippen LogP contribution in [0, 0.1) is 12.3 Å². The highest BCUT2D eigenvalue weighted by atomic mass is 79.9. The van der Waals surface area contributed by atoms with Gasteiger partial charge < -0.3 is 4.74 Å². The van der Waals surface area contributed by atoms with Crippen LogP contribution in [0.4, 0.5) is 5.82 Å². The second-order valence-electron chi connectivity index (χ2n) is 2.45. The summed E-state index contributed by atoms with van der Waals surface area (Å²) in [5.41, 5.74) is 5.72. The zero-order chi connectivity index (χ0) is 9.84. The SMILES string of the molecule is C#CC[n+]1cc(Br)c(OC)cc1N. The molecule has 0 unspecified atom stereocenters. The predicted molar refractivity (Wildman–Crippen MR) is 54.1 cm³/mol. The van der Waals surface area contributed by atoms with E-state index in [0.29, 0.717) is 18.1 Å². The Kier molecular flexibility index (Phi) is 3.15. The summed E-state index contributed by atoms with van der Waals surface area (Å²) in [6.07, 6.45) is 6.98. The molecule has 0 radical (unpaired) electrons. The Balaban J connectivity index is 3.14. The summed E-state index contributed by atoms with van der Waals surface area (Å²) in [5, 5.41) is 0. The fourth-order valence-corrected chi connectivity index (χ4v) is 1.48. The molecule has 0 saturated heterocycles. The Hall–Kier alpha value is -1.21. The normalized spacial score (nSPS) is 9.31. The van der Waals surface area contributed by atoms with Crippen molar-refractivity contribution >= 4 is 21.7 Å². The first-order valence-corrected chi connectivity index (χ1v) is 4.44. The van der Waals surface area contributed by atoms with Crippen LogP contribution in [0.3, 0.4) is 0 Å². The summed E-state index contributed by atoms with van der Waals surface area (Å²) in [6, 6.07) is 1.72. The molecule has 0 spiro atoms. The number of nitrogen functional groups attached to an aromatic ring is 1. The van der Waals surface area contributed by atoms with Gasteiger partial charge in [0.05, 0.1) is 17.6 Å². The number of halogens is 1. The van der Waals surface area contributed by atoms with Crippen molar-refractivity contribution in [1.29, 1.82) is 0 Å². The first-order valence-electron chi connectivity index (χ1n) is 3.65. The number of rotatable bonds is 2. The van der Waals surface area contributed by atoms with Crippen molar-refractivity contribution in [3.8, 4) is 18.1 Å². The minimum absolute atomic E-state index is 0.453. The molecule has 3 nitrogen and oxygen atoms in total. The number of ether oxygens (including phenoxy) is 1. The fraction of sp³-hybridized carbons (Fsp3) is 0.222. The number of anilines is 1. The van der Waals surface area contributed by atoms with Crippen molar-refractivity contribution in [1.82, 2.24) is 0 Å². The van der Waals surface area contributed by atoms with Crippen LogP contribution in [0.25, 0.3) is 0 Å². The van der Waals surface area contributed by atoms with Gasteiger partial charge in [0.1, 0.15) is 11.9 Å². The molecule has 0 amide bonds. The zero-order valence-electron chi connectivity index (χ0n) is 7.25. The van der Waals surface area contributed by atoms with Crippen molar-refractivity contribution in [2.75, 3.05) is 12.8 Å². The first-order chi connectivity index (χ1) is 6.19. The van der Waals surface area contributed by atoms with Gasteiger partial charge in [0, 0.05) is 0 Å². The lowest BCUT2D eigenvalue weighted by molar-refractivity contribution is -0.670. The van der Waals surface area contributed by atoms with E-state index < -0.39 is 0 Å². The lowest BCUT2D eigenvalue weighted by Crippen LogP contribution is -2.36. The van der Waals surface area contributed by atoms with E-state index in [-0.39, 0.29) is 0 Å². The average molecular weight is 242 g/mol. The number of terminal acetylenes is 1. The smallest absolute Gasteiger partial charge is 0.276 e. The monoisotopic (exact) mass is 241 g/mol. The Morgan fingerprint density at radius 1 is 1.77 bits per heavy atom. The van der Waals surface area contributed by atoms with Gasteiger partial charge in [-0.2, -0.15) is 0 Å². The van der Waals surface area contributed by atoms with Crippen LogP contribution in [-0.4, -0.2) is 7.11 Å². The van der Waals surface area contributed by atoms with Gasteiger partial charge in [-0.05, 0) is 15.9 Å². The van der Waals surface area contributed by atoms with Crippen LogP contribution < -0.4 is 15.0 Å². The molecule has 0 aliphatic heterocycles. The highest BCUT2D eigenvalue weighted by Gasteiger charge is 2.09. The number of nitrogens with two attached hydrogens (primary N) is 1. The lowest BCUT2D eigenvalue weighted by atomic mass is 10.4. The molecule has 1 heterocycles. The molecule has 1 rings (SSSR count). The Labute approximate surface area is 85.6 Å². The molecular weight excluding hydrogens is 232 g/mol. The number of methoxy groups -OCH3 is 1. The summed E-state index contributed by atoms with van der Waals surface area (Å²) in [7, 11) is 1.59. The van der Waals surface area contributed by atoms with Crippen LogP contribution in [0.15, 0.2) is 16.7 Å². The fourth-order valence-electron chi connectivity index (χ4n) is 0.953. The van der Waals surface area contributed by atoms with Gasteiger partial charge in [-0.3, -0.25) is 5.73 Å². The van der Waals surface area contributed by atoms with Gasteiger partial charge >= 0.3 is 0 Å². The van der Waals surface area contributed by atoms with Gasteiger partial charge in [0.15, 0.2) is 6.54 Å². The number of aromatic nitrogens is 1. The topological polar surface area (TPSA) is 39.1 Å². The third kappa shape index (κ3) is 2.13. The van der Waals surface area contributed by atoms with E-state index in [0.717, 1.165) is 4.47 Å². The first kappa shape index (κ1) is 9.87. The van der Waals surface area contributed by atoms with Gasteiger partial charge in [-0.25, -0.2) is 4.57 Å². The van der Waals surface area contributed by atoms with Crippen molar-refractivity contribution < 1.29 is 9.30 Å². The van der Waals surface area contributed by atoms with Crippen molar-refractivity contribution in [2.24, 2.45) is 0 Å². The largest absolute Gasteiger partial charge is 0.495 e. The number of pyridine rings is 1. The van der Waals surface area contributed by atoms with E-state index >= 15 is 0 Å². The zero-order valence-corrected chi connectivity index (χ0v) is 8.84. The molecule has 0 bridgehead atoms. The summed E-state index contributed by atoms with van der Waals surface area (Å²) >= 11 is 3.34. The third-order valence-electron chi connectivity index (χ3n) is 1.60. The number of nitrogens with zero attached hydrogens (tertiary/aromatic N) is 1. The molecule has 0 aromatic carbocycles. The summed E-state index contributed by atoms with van der Waals surface area (Å²) in [5.74, 6) is 3.79. The van der Waals surface area contributed by atoms with Crippen molar-refractivity contribution in [3.05, 3.63) is 16.7 Å². The third-order valence-corrected chi connectivity index (χ3v) is 2.19. The molecule has 0 fully saturated rings. The second kappa shape index (κ2) is 4.15. The van der Waals surface area contributed by atoms with E-state index in [1.54, 1.807) is 23.9 Å². The van der Waals surface area contributed by atoms with E-state index in [9.17, 15) is 0 Å². The van der Waals surface area contributed by atoms with E-state index in [1.807, 2.05) is 0 Å². The maximum Gasteiger partial charge on any atom is 0.276 e. The molecule has 0 atom stereocenters. The van der Waals surface area contributed by atoms with Crippen LogP contribution in [0.1, 0.15) is 0 Å². The highest BCUT2D eigenvalue weighted by molar-refractivity contribution is 9.10. The van der Waals surface area contributed by atoms with Gasteiger partial charge in [0.2, 0.25) is 0 Å². The quantitative estimate of drug-likeness (QED) is 0.619. The molecule has 1 aromatic heterocycles. The molecule has 68 valence electrons. The van der Waals surface area contributed by atoms with Crippen molar-refractivity contribution in [2.45, 2.75) is 6.54 Å². The minimum Gasteiger partial charge on any atom is -0.495 e. The standard InChI is InChI=1S/C9H9BrN2O/c1-3-4-12-6-7(10)8(13-2)5-9(12)11/h1,5-6,11H,4H2,2H3/p+1. The van der Waals surface area contributed by atoms with Crippen LogP contribution in [0.2, 0.25) is 0 Å². The Bertz CT molecular complexity index is 357. The predicted octanol–water partition coefficient (Wildman–Crippen LogP) is 0.961. The van der Waals surface area contributed by atoms with Gasteiger partial charge in [-0.1, -0.05) is 5.92 Å². The van der Waals surface area contributed by atoms with E-state index in [4.69, 9.17) is 16.9 Å². The molecule has 2 N–H and O–H groups in total. The van der Waals surface area contributed by atoms with Gasteiger partial charge in [-0.15, -0.1) is 6.42 Å². The highest BCUT2D eigenvalue weighted by Crippen LogP contribution is 2.23. The maximum atomic E-state index is 5.72. The van der Waals surface area contributed by atoms with Crippen LogP contribution in [-0.2, 0) is 6.54 Å². The molecule has 4 heteroatoms. The lowest BCUT2D eigenvalue weighted by Gasteiger charge is -2.04. The summed E-state index contributed by atoms with van der Waals surface area (Å²) in [4.78, 5) is 0. The van der Waals surface area contributed by atoms with E-state index in [2.05, 4.69) is 21.9 Å².